The first-order chi connectivity index (χ1) is 18.5. The van der Waals surface area contributed by atoms with Gasteiger partial charge in [-0.2, -0.15) is 10.2 Å². The van der Waals surface area contributed by atoms with Gasteiger partial charge in [0.1, 0.15) is 5.69 Å². The number of hydrogen-bond acceptors (Lipinski definition) is 5. The van der Waals surface area contributed by atoms with Crippen LogP contribution in [0.1, 0.15) is 42.6 Å². The number of urea groups is 1. The van der Waals surface area contributed by atoms with Crippen LogP contribution in [0.15, 0.2) is 67.4 Å². The highest BCUT2D eigenvalue weighted by Crippen LogP contribution is 2.33. The fourth-order valence-corrected chi connectivity index (χ4v) is 4.94. The van der Waals surface area contributed by atoms with E-state index in [2.05, 4.69) is 27.3 Å². The van der Waals surface area contributed by atoms with Gasteiger partial charge in [-0.25, -0.2) is 9.48 Å². The molecule has 38 heavy (non-hydrogen) atoms. The number of carbonyl (C=O) groups excluding carboxylic acids is 1. The van der Waals surface area contributed by atoms with Crippen LogP contribution in [0.3, 0.4) is 0 Å². The Morgan fingerprint density at radius 3 is 2.55 bits per heavy atom. The minimum Gasteiger partial charge on any atom is -0.356 e. The van der Waals surface area contributed by atoms with E-state index in [4.69, 9.17) is 9.84 Å². The van der Waals surface area contributed by atoms with Gasteiger partial charge >= 0.3 is 6.03 Å². The van der Waals surface area contributed by atoms with Crippen LogP contribution in [0.5, 0.6) is 0 Å². The number of nitrogens with one attached hydrogen (secondary N) is 2. The van der Waals surface area contributed by atoms with E-state index in [0.29, 0.717) is 18.0 Å². The number of amides is 2. The summed E-state index contributed by atoms with van der Waals surface area (Å²) in [5.74, 6) is 0. The first-order valence-corrected chi connectivity index (χ1v) is 12.7. The number of benzene rings is 2. The maximum Gasteiger partial charge on any atom is 0.323 e. The summed E-state index contributed by atoms with van der Waals surface area (Å²) in [5, 5.41) is 17.3. The topological polar surface area (TPSA) is 98.9 Å². The van der Waals surface area contributed by atoms with E-state index in [1.165, 1.54) is 0 Å². The predicted molar refractivity (Wildman–Crippen MR) is 149 cm³/mol. The van der Waals surface area contributed by atoms with Crippen LogP contribution in [-0.4, -0.2) is 37.2 Å². The van der Waals surface area contributed by atoms with E-state index in [-0.39, 0.29) is 12.3 Å². The molecule has 2 N–H and O–H groups in total. The van der Waals surface area contributed by atoms with Crippen molar-refractivity contribution in [2.45, 2.75) is 32.4 Å². The molecular weight excluding hydrogens is 478 g/mol. The molecule has 4 heterocycles. The standard InChI is InChI=1S/C29H29N7O2/c1-18(24-8-4-6-14-30-24)28-23-13-11-21(17-26(23)36(34-28)27-9-5-7-15-38-27)32-29(37)31-20-10-12-22-19(2)35(3)33-25(22)16-20/h4,6,8,10-14,16-17,27H,1,5,7,9,15H2,2-3H3,(H2,31,32,37). The van der Waals surface area contributed by atoms with Crippen molar-refractivity contribution in [3.63, 3.8) is 0 Å². The normalized spacial score (nSPS) is 15.6. The second-order valence-corrected chi connectivity index (χ2v) is 9.56. The zero-order valence-electron chi connectivity index (χ0n) is 21.4. The number of nitrogens with zero attached hydrogens (tertiary/aromatic N) is 5. The first-order valence-electron chi connectivity index (χ1n) is 12.7. The third kappa shape index (κ3) is 4.41. The molecule has 9 heteroatoms. The molecule has 2 amide bonds. The summed E-state index contributed by atoms with van der Waals surface area (Å²) in [4.78, 5) is 17.3. The van der Waals surface area contributed by atoms with Gasteiger partial charge in [0, 0.05) is 53.3 Å². The molecule has 1 fully saturated rings. The summed E-state index contributed by atoms with van der Waals surface area (Å²) >= 11 is 0. The van der Waals surface area contributed by atoms with Gasteiger partial charge in [-0.1, -0.05) is 12.6 Å². The SMILES string of the molecule is C=C(c1ccccn1)c1nn(C2CCCCO2)c2cc(NC(=O)Nc3ccc4c(C)n(C)nc4c3)ccc12. The molecule has 0 saturated carbocycles. The summed E-state index contributed by atoms with van der Waals surface area (Å²) in [7, 11) is 1.91. The quantitative estimate of drug-likeness (QED) is 0.303. The molecule has 1 saturated heterocycles. The largest absolute Gasteiger partial charge is 0.356 e. The molecule has 0 radical (unpaired) electrons. The number of fused-ring (bicyclic) bond motifs is 2. The summed E-state index contributed by atoms with van der Waals surface area (Å²) < 4.78 is 9.81. The van der Waals surface area contributed by atoms with Gasteiger partial charge < -0.3 is 15.4 Å². The lowest BCUT2D eigenvalue weighted by Crippen LogP contribution is -2.20. The molecule has 0 bridgehead atoms. The number of anilines is 2. The van der Waals surface area contributed by atoms with E-state index in [9.17, 15) is 4.79 Å². The van der Waals surface area contributed by atoms with Crippen LogP contribution in [0.4, 0.5) is 16.2 Å². The minimum absolute atomic E-state index is 0.172. The molecule has 1 aliphatic heterocycles. The highest BCUT2D eigenvalue weighted by Gasteiger charge is 2.23. The van der Waals surface area contributed by atoms with Crippen LogP contribution < -0.4 is 10.6 Å². The van der Waals surface area contributed by atoms with Crippen LogP contribution in [0.2, 0.25) is 0 Å². The van der Waals surface area contributed by atoms with Crippen LogP contribution in [0.25, 0.3) is 27.4 Å². The van der Waals surface area contributed by atoms with Crippen molar-refractivity contribution in [2.24, 2.45) is 7.05 Å². The number of aromatic nitrogens is 5. The van der Waals surface area contributed by atoms with Crippen molar-refractivity contribution < 1.29 is 9.53 Å². The highest BCUT2D eigenvalue weighted by molar-refractivity contribution is 6.03. The fraction of sp³-hybridized carbons (Fsp3) is 0.241. The van der Waals surface area contributed by atoms with Crippen molar-refractivity contribution in [3.8, 4) is 0 Å². The van der Waals surface area contributed by atoms with Gasteiger partial charge in [-0.15, -0.1) is 0 Å². The van der Waals surface area contributed by atoms with Gasteiger partial charge in [0.25, 0.3) is 0 Å². The molecule has 1 aliphatic rings. The third-order valence-corrected chi connectivity index (χ3v) is 7.04. The molecule has 1 atom stereocenters. The van der Waals surface area contributed by atoms with E-state index in [1.807, 2.05) is 77.9 Å². The number of ether oxygens (including phenoxy) is 1. The summed E-state index contributed by atoms with van der Waals surface area (Å²) in [6.45, 7) is 7.00. The second kappa shape index (κ2) is 9.75. The van der Waals surface area contributed by atoms with Crippen molar-refractivity contribution in [3.05, 3.63) is 84.5 Å². The van der Waals surface area contributed by atoms with Crippen LogP contribution in [-0.2, 0) is 11.8 Å². The summed E-state index contributed by atoms with van der Waals surface area (Å²) in [6.07, 6.45) is 4.56. The van der Waals surface area contributed by atoms with E-state index < -0.39 is 0 Å². The zero-order chi connectivity index (χ0) is 26.2. The molecule has 0 aliphatic carbocycles. The Morgan fingerprint density at radius 1 is 1.03 bits per heavy atom. The van der Waals surface area contributed by atoms with Crippen molar-refractivity contribution in [1.82, 2.24) is 24.5 Å². The Balaban J connectivity index is 1.30. The number of carbonyl (C=O) groups is 1. The summed E-state index contributed by atoms with van der Waals surface area (Å²) in [5.41, 5.74) is 6.36. The van der Waals surface area contributed by atoms with Crippen molar-refractivity contribution in [1.29, 1.82) is 0 Å². The molecule has 192 valence electrons. The van der Waals surface area contributed by atoms with Gasteiger partial charge in [-0.3, -0.25) is 9.67 Å². The third-order valence-electron chi connectivity index (χ3n) is 7.04. The van der Waals surface area contributed by atoms with Gasteiger partial charge in [0.15, 0.2) is 6.23 Å². The number of hydrogen-bond donors (Lipinski definition) is 2. The fourth-order valence-electron chi connectivity index (χ4n) is 4.94. The highest BCUT2D eigenvalue weighted by atomic mass is 16.5. The smallest absolute Gasteiger partial charge is 0.323 e. The van der Waals surface area contributed by atoms with Gasteiger partial charge in [-0.05, 0) is 74.7 Å². The lowest BCUT2D eigenvalue weighted by molar-refractivity contribution is -0.0367. The Morgan fingerprint density at radius 2 is 1.82 bits per heavy atom. The van der Waals surface area contributed by atoms with E-state index in [0.717, 1.165) is 63.7 Å². The molecule has 1 unspecified atom stereocenters. The Bertz CT molecular complexity index is 1660. The van der Waals surface area contributed by atoms with Gasteiger partial charge in [0.2, 0.25) is 0 Å². The monoisotopic (exact) mass is 507 g/mol. The number of pyridine rings is 1. The average Bonchev–Trinajstić information content (AvgIpc) is 3.45. The lowest BCUT2D eigenvalue weighted by Gasteiger charge is -2.23. The minimum atomic E-state index is -0.338. The predicted octanol–water partition coefficient (Wildman–Crippen LogP) is 6.03. The first kappa shape index (κ1) is 23.9. The van der Waals surface area contributed by atoms with Crippen LogP contribution in [0, 0.1) is 6.92 Å². The maximum atomic E-state index is 12.9. The van der Waals surface area contributed by atoms with Crippen LogP contribution >= 0.6 is 0 Å². The lowest BCUT2D eigenvalue weighted by atomic mass is 10.1. The summed E-state index contributed by atoms with van der Waals surface area (Å²) in [6, 6.07) is 16.9. The van der Waals surface area contributed by atoms with Crippen molar-refractivity contribution in [2.75, 3.05) is 17.2 Å². The van der Waals surface area contributed by atoms with E-state index >= 15 is 0 Å². The molecule has 6 rings (SSSR count). The maximum absolute atomic E-state index is 12.9. The zero-order valence-corrected chi connectivity index (χ0v) is 21.4. The molecule has 2 aromatic carbocycles. The molecule has 0 spiro atoms. The average molecular weight is 508 g/mol. The Labute approximate surface area is 220 Å². The Kier molecular flexibility index (Phi) is 6.13. The molecule has 5 aromatic rings. The number of aryl methyl sites for hydroxylation is 2. The Hall–Kier alpha value is -4.50. The molecular formula is C29H29N7O2. The molecule has 9 nitrogen and oxygen atoms in total. The van der Waals surface area contributed by atoms with Gasteiger partial charge in [0.05, 0.1) is 16.7 Å². The van der Waals surface area contributed by atoms with Crippen molar-refractivity contribution >= 4 is 44.8 Å². The van der Waals surface area contributed by atoms with E-state index in [1.54, 1.807) is 6.20 Å². The number of rotatable bonds is 5. The second-order valence-electron chi connectivity index (χ2n) is 9.56. The molecule has 3 aromatic heterocycles.